The van der Waals surface area contributed by atoms with Crippen molar-refractivity contribution in [3.8, 4) is 0 Å². The van der Waals surface area contributed by atoms with E-state index in [1.807, 2.05) is 33.8 Å². The molecule has 2 N–H and O–H groups in total. The monoisotopic (exact) mass is 294 g/mol. The van der Waals surface area contributed by atoms with Crippen molar-refractivity contribution >= 4 is 35.2 Å². The molecule has 0 spiro atoms. The SMILES string of the molecule is CC1(C)OB(c2ccc3[nH]c(=O)[nH]c3c2Cl)OC1(C)C. The van der Waals surface area contributed by atoms with Crippen molar-refractivity contribution in [1.29, 1.82) is 0 Å². The number of H-pyrrole nitrogens is 2. The molecule has 7 heteroatoms. The van der Waals surface area contributed by atoms with Crippen LogP contribution < -0.4 is 11.2 Å². The van der Waals surface area contributed by atoms with Crippen molar-refractivity contribution in [1.82, 2.24) is 9.97 Å². The number of rotatable bonds is 1. The van der Waals surface area contributed by atoms with Crippen LogP contribution in [0.4, 0.5) is 0 Å². The van der Waals surface area contributed by atoms with Gasteiger partial charge >= 0.3 is 12.8 Å². The lowest BCUT2D eigenvalue weighted by Crippen LogP contribution is -2.41. The molecule has 0 atom stereocenters. The first kappa shape index (κ1) is 13.7. The Bertz CT molecular complexity index is 719. The highest BCUT2D eigenvalue weighted by atomic mass is 35.5. The quantitative estimate of drug-likeness (QED) is 0.788. The summed E-state index contributed by atoms with van der Waals surface area (Å²) >= 11 is 6.37. The van der Waals surface area contributed by atoms with Crippen LogP contribution in [0.1, 0.15) is 27.7 Å². The van der Waals surface area contributed by atoms with Gasteiger partial charge in [0.1, 0.15) is 0 Å². The van der Waals surface area contributed by atoms with Gasteiger partial charge in [0, 0.05) is 5.46 Å². The molecule has 2 heterocycles. The molecule has 1 aromatic heterocycles. The zero-order valence-electron chi connectivity index (χ0n) is 11.8. The van der Waals surface area contributed by atoms with Crippen LogP contribution in [0.2, 0.25) is 5.02 Å². The van der Waals surface area contributed by atoms with Crippen LogP contribution in [0.25, 0.3) is 11.0 Å². The van der Waals surface area contributed by atoms with E-state index >= 15 is 0 Å². The minimum absolute atomic E-state index is 0.284. The highest BCUT2D eigenvalue weighted by Gasteiger charge is 2.52. The lowest BCUT2D eigenvalue weighted by Gasteiger charge is -2.32. The predicted octanol–water partition coefficient (Wildman–Crippen LogP) is 1.81. The molecule has 1 fully saturated rings. The highest BCUT2D eigenvalue weighted by Crippen LogP contribution is 2.37. The van der Waals surface area contributed by atoms with E-state index in [9.17, 15) is 4.79 Å². The van der Waals surface area contributed by atoms with Crippen molar-refractivity contribution in [2.75, 3.05) is 0 Å². The molecular formula is C13H16BClN2O3. The third kappa shape index (κ3) is 1.91. The van der Waals surface area contributed by atoms with E-state index in [2.05, 4.69) is 9.97 Å². The Morgan fingerprint density at radius 3 is 2.30 bits per heavy atom. The lowest BCUT2D eigenvalue weighted by atomic mass is 9.79. The van der Waals surface area contributed by atoms with Crippen LogP contribution >= 0.6 is 11.6 Å². The van der Waals surface area contributed by atoms with Crippen LogP contribution in [-0.2, 0) is 9.31 Å². The molecule has 0 amide bonds. The van der Waals surface area contributed by atoms with Crippen molar-refractivity contribution in [2.24, 2.45) is 0 Å². The van der Waals surface area contributed by atoms with Gasteiger partial charge in [0.15, 0.2) is 0 Å². The maximum Gasteiger partial charge on any atom is 0.496 e. The van der Waals surface area contributed by atoms with E-state index in [0.717, 1.165) is 0 Å². The van der Waals surface area contributed by atoms with Crippen LogP contribution in [0.15, 0.2) is 16.9 Å². The number of aromatic nitrogens is 2. The number of halogens is 1. The standard InChI is InChI=1S/C13H16BClN2O3/c1-12(2)13(3,4)20-14(19-12)7-5-6-8-10(9(7)15)17-11(18)16-8/h5-6H,1-4H3,(H2,16,17,18). The Kier molecular flexibility index (Phi) is 2.84. The second-order valence-electron chi connectivity index (χ2n) is 6.06. The van der Waals surface area contributed by atoms with Gasteiger partial charge in [-0.25, -0.2) is 4.79 Å². The van der Waals surface area contributed by atoms with Gasteiger partial charge < -0.3 is 19.3 Å². The van der Waals surface area contributed by atoms with Gasteiger partial charge in [-0.05, 0) is 33.8 Å². The first-order chi connectivity index (χ1) is 9.21. The van der Waals surface area contributed by atoms with Gasteiger partial charge in [-0.1, -0.05) is 17.7 Å². The number of hydrogen-bond acceptors (Lipinski definition) is 3. The topological polar surface area (TPSA) is 67.1 Å². The fourth-order valence-corrected chi connectivity index (χ4v) is 2.54. The zero-order chi connectivity index (χ0) is 14.7. The normalized spacial score (nSPS) is 20.8. The predicted molar refractivity (Wildman–Crippen MR) is 79.6 cm³/mol. The third-order valence-corrected chi connectivity index (χ3v) is 4.57. The summed E-state index contributed by atoms with van der Waals surface area (Å²) in [5, 5.41) is 0.444. The third-order valence-electron chi connectivity index (χ3n) is 4.17. The van der Waals surface area contributed by atoms with Crippen LogP contribution in [0, 0.1) is 0 Å². The van der Waals surface area contributed by atoms with E-state index in [4.69, 9.17) is 20.9 Å². The molecule has 1 aromatic carbocycles. The molecule has 2 aromatic rings. The van der Waals surface area contributed by atoms with E-state index < -0.39 is 18.3 Å². The van der Waals surface area contributed by atoms with E-state index in [0.29, 0.717) is 21.5 Å². The van der Waals surface area contributed by atoms with Gasteiger partial charge in [-0.2, -0.15) is 0 Å². The summed E-state index contributed by atoms with van der Waals surface area (Å²) in [7, 11) is -0.546. The van der Waals surface area contributed by atoms with Crippen molar-refractivity contribution in [2.45, 2.75) is 38.9 Å². The van der Waals surface area contributed by atoms with Gasteiger partial charge in [-0.3, -0.25) is 0 Å². The zero-order valence-corrected chi connectivity index (χ0v) is 12.6. The van der Waals surface area contributed by atoms with E-state index in [1.54, 1.807) is 6.07 Å². The van der Waals surface area contributed by atoms with Crippen LogP contribution in [0.3, 0.4) is 0 Å². The first-order valence-corrected chi connectivity index (χ1v) is 6.85. The second-order valence-corrected chi connectivity index (χ2v) is 6.44. The molecule has 0 unspecified atom stereocenters. The molecule has 0 bridgehead atoms. The van der Waals surface area contributed by atoms with Crippen molar-refractivity contribution < 1.29 is 9.31 Å². The maximum absolute atomic E-state index is 11.3. The molecule has 5 nitrogen and oxygen atoms in total. The van der Waals surface area contributed by atoms with Gasteiger partial charge in [0.25, 0.3) is 0 Å². The summed E-state index contributed by atoms with van der Waals surface area (Å²) in [4.78, 5) is 16.7. The molecule has 3 rings (SSSR count). The van der Waals surface area contributed by atoms with Crippen LogP contribution in [0.5, 0.6) is 0 Å². The Labute approximate surface area is 121 Å². The number of fused-ring (bicyclic) bond motifs is 1. The number of aromatic amines is 2. The molecule has 20 heavy (non-hydrogen) atoms. The second kappa shape index (κ2) is 4.13. The summed E-state index contributed by atoms with van der Waals surface area (Å²) in [5.41, 5.74) is 0.813. The summed E-state index contributed by atoms with van der Waals surface area (Å²) in [6.45, 7) is 7.93. The largest absolute Gasteiger partial charge is 0.496 e. The minimum Gasteiger partial charge on any atom is -0.399 e. The Morgan fingerprint density at radius 1 is 1.10 bits per heavy atom. The molecule has 1 aliphatic rings. The molecule has 0 radical (unpaired) electrons. The summed E-state index contributed by atoms with van der Waals surface area (Å²) in [5.74, 6) is 0. The Morgan fingerprint density at radius 2 is 1.70 bits per heavy atom. The Balaban J connectivity index is 2.08. The average molecular weight is 295 g/mol. The number of imidazole rings is 1. The smallest absolute Gasteiger partial charge is 0.399 e. The van der Waals surface area contributed by atoms with Gasteiger partial charge in [-0.15, -0.1) is 0 Å². The molecule has 0 aliphatic carbocycles. The molecule has 1 aliphatic heterocycles. The average Bonchev–Trinajstić information content (AvgIpc) is 2.78. The molecule has 1 saturated heterocycles. The van der Waals surface area contributed by atoms with Crippen LogP contribution in [-0.4, -0.2) is 28.3 Å². The maximum atomic E-state index is 11.3. The number of nitrogens with one attached hydrogen (secondary N) is 2. The van der Waals surface area contributed by atoms with Gasteiger partial charge in [0.2, 0.25) is 0 Å². The summed E-state index contributed by atoms with van der Waals surface area (Å²) in [6.07, 6.45) is 0. The molecule has 0 saturated carbocycles. The van der Waals surface area contributed by atoms with E-state index in [-0.39, 0.29) is 5.69 Å². The van der Waals surface area contributed by atoms with Crippen molar-refractivity contribution in [3.63, 3.8) is 0 Å². The molecule has 106 valence electrons. The lowest BCUT2D eigenvalue weighted by molar-refractivity contribution is 0.00578. The summed E-state index contributed by atoms with van der Waals surface area (Å²) < 4.78 is 12.0. The van der Waals surface area contributed by atoms with E-state index in [1.165, 1.54) is 0 Å². The van der Waals surface area contributed by atoms with Gasteiger partial charge in [0.05, 0.1) is 27.3 Å². The highest BCUT2D eigenvalue weighted by molar-refractivity contribution is 6.66. The Hall–Kier alpha value is -1.24. The first-order valence-electron chi connectivity index (χ1n) is 6.47. The number of hydrogen-bond donors (Lipinski definition) is 2. The minimum atomic E-state index is -0.546. The number of benzene rings is 1. The fraction of sp³-hybridized carbons (Fsp3) is 0.462. The molecular weight excluding hydrogens is 278 g/mol. The fourth-order valence-electron chi connectivity index (χ4n) is 2.24. The summed E-state index contributed by atoms with van der Waals surface area (Å²) in [6, 6.07) is 3.61. The van der Waals surface area contributed by atoms with Crippen molar-refractivity contribution in [3.05, 3.63) is 27.6 Å².